The van der Waals surface area contributed by atoms with Gasteiger partial charge in [-0.3, -0.25) is 24.6 Å². The molecule has 160 valence electrons. The van der Waals surface area contributed by atoms with Crippen LogP contribution in [0.3, 0.4) is 0 Å². The Bertz CT molecular complexity index is 885. The number of nitro benzene ring substituents is 1. The van der Waals surface area contributed by atoms with E-state index in [2.05, 4.69) is 15.5 Å². The number of nitrogens with zero attached hydrogens (tertiary/aromatic N) is 3. The molecule has 3 rings (SSSR count). The number of likely N-dealkylation sites (tertiary alicyclic amines) is 1. The molecular formula is C21H27N5O4. The smallest absolute Gasteiger partial charge is 0.313 e. The Morgan fingerprint density at radius 2 is 1.73 bits per heavy atom. The molecule has 2 heterocycles. The van der Waals surface area contributed by atoms with Crippen LogP contribution in [0.2, 0.25) is 0 Å². The summed E-state index contributed by atoms with van der Waals surface area (Å²) in [4.78, 5) is 37.2. The van der Waals surface area contributed by atoms with E-state index in [0.717, 1.165) is 31.6 Å². The molecule has 1 aromatic carbocycles. The first-order valence-corrected chi connectivity index (χ1v) is 10.1. The Hall–Kier alpha value is -3.20. The van der Waals surface area contributed by atoms with Crippen LogP contribution >= 0.6 is 0 Å². The lowest BCUT2D eigenvalue weighted by molar-refractivity contribution is -0.384. The summed E-state index contributed by atoms with van der Waals surface area (Å²) in [6.45, 7) is 2.24. The molecule has 0 aliphatic carbocycles. The van der Waals surface area contributed by atoms with Crippen LogP contribution in [0.25, 0.3) is 0 Å². The summed E-state index contributed by atoms with van der Waals surface area (Å²) >= 11 is 0. The number of hydrogen-bond acceptors (Lipinski definition) is 5. The van der Waals surface area contributed by atoms with Crippen molar-refractivity contribution in [3.63, 3.8) is 0 Å². The highest BCUT2D eigenvalue weighted by atomic mass is 16.6. The minimum Gasteiger partial charge on any atom is -0.353 e. The summed E-state index contributed by atoms with van der Waals surface area (Å²) in [5, 5.41) is 15.9. The molecule has 2 amide bonds. The fourth-order valence-electron chi connectivity index (χ4n) is 3.77. The summed E-state index contributed by atoms with van der Waals surface area (Å²) in [6, 6.07) is 9.35. The largest absolute Gasteiger partial charge is 0.353 e. The van der Waals surface area contributed by atoms with Gasteiger partial charge >= 0.3 is 11.8 Å². The topological polar surface area (TPSA) is 110 Å². The lowest BCUT2D eigenvalue weighted by Crippen LogP contribution is -2.42. The number of aromatic nitrogens is 1. The Labute approximate surface area is 175 Å². The highest BCUT2D eigenvalue weighted by molar-refractivity contribution is 6.39. The summed E-state index contributed by atoms with van der Waals surface area (Å²) in [7, 11) is 1.98. The quantitative estimate of drug-likeness (QED) is 0.430. The highest BCUT2D eigenvalue weighted by Crippen LogP contribution is 2.24. The maximum Gasteiger partial charge on any atom is 0.313 e. The summed E-state index contributed by atoms with van der Waals surface area (Å²) < 4.78 is 2.04. The van der Waals surface area contributed by atoms with Crippen LogP contribution in [0.5, 0.6) is 0 Å². The maximum atomic E-state index is 12.4. The molecule has 1 atom stereocenters. The van der Waals surface area contributed by atoms with E-state index in [0.29, 0.717) is 12.2 Å². The molecule has 1 unspecified atom stereocenters. The second-order valence-corrected chi connectivity index (χ2v) is 7.48. The van der Waals surface area contributed by atoms with Crippen molar-refractivity contribution in [2.75, 3.05) is 25.0 Å². The average Bonchev–Trinajstić information content (AvgIpc) is 2.98. The van der Waals surface area contributed by atoms with Gasteiger partial charge in [0.05, 0.1) is 11.0 Å². The predicted octanol–water partition coefficient (Wildman–Crippen LogP) is 2.61. The molecular weight excluding hydrogens is 386 g/mol. The fourth-order valence-corrected chi connectivity index (χ4v) is 3.77. The van der Waals surface area contributed by atoms with Gasteiger partial charge in [-0.2, -0.15) is 0 Å². The van der Waals surface area contributed by atoms with E-state index in [1.165, 1.54) is 37.1 Å². The van der Waals surface area contributed by atoms with Crippen molar-refractivity contribution in [3.05, 3.63) is 58.4 Å². The van der Waals surface area contributed by atoms with Gasteiger partial charge in [0.15, 0.2) is 0 Å². The van der Waals surface area contributed by atoms with Crippen LogP contribution in [-0.4, -0.2) is 45.8 Å². The second-order valence-electron chi connectivity index (χ2n) is 7.48. The third kappa shape index (κ3) is 5.44. The van der Waals surface area contributed by atoms with Gasteiger partial charge in [-0.1, -0.05) is 12.8 Å². The zero-order valence-electron chi connectivity index (χ0n) is 17.0. The predicted molar refractivity (Wildman–Crippen MR) is 113 cm³/mol. The number of anilines is 1. The molecule has 0 spiro atoms. The standard InChI is InChI=1S/C21H27N5O4/c1-24-12-6-7-18(24)19(25-13-4-2-3-5-14-25)15-22-20(27)21(28)23-16-8-10-17(11-9-16)26(29)30/h6-12,19H,2-5,13-15H2,1H3,(H,22,27)(H,23,28). The number of benzene rings is 1. The summed E-state index contributed by atoms with van der Waals surface area (Å²) in [5.74, 6) is -1.53. The molecule has 1 aromatic heterocycles. The zero-order chi connectivity index (χ0) is 21.5. The van der Waals surface area contributed by atoms with E-state index in [9.17, 15) is 19.7 Å². The highest BCUT2D eigenvalue weighted by Gasteiger charge is 2.25. The molecule has 0 bridgehead atoms. The molecule has 2 N–H and O–H groups in total. The number of aryl methyl sites for hydroxylation is 1. The number of rotatable bonds is 6. The normalized spacial score (nSPS) is 15.8. The Morgan fingerprint density at radius 3 is 2.30 bits per heavy atom. The van der Waals surface area contributed by atoms with Crippen molar-refractivity contribution < 1.29 is 14.5 Å². The molecule has 0 radical (unpaired) electrons. The Balaban J connectivity index is 1.62. The van der Waals surface area contributed by atoms with E-state index < -0.39 is 16.7 Å². The van der Waals surface area contributed by atoms with Gasteiger partial charge in [0, 0.05) is 43.3 Å². The van der Waals surface area contributed by atoms with Gasteiger partial charge in [-0.05, 0) is 50.2 Å². The van der Waals surface area contributed by atoms with Gasteiger partial charge in [0.1, 0.15) is 0 Å². The fraction of sp³-hybridized carbons (Fsp3) is 0.429. The average molecular weight is 413 g/mol. The lowest BCUT2D eigenvalue weighted by Gasteiger charge is -2.31. The van der Waals surface area contributed by atoms with Crippen molar-refractivity contribution in [3.8, 4) is 0 Å². The summed E-state index contributed by atoms with van der Waals surface area (Å²) in [5.41, 5.74) is 1.33. The van der Waals surface area contributed by atoms with E-state index in [1.807, 2.05) is 29.9 Å². The minimum atomic E-state index is -0.801. The van der Waals surface area contributed by atoms with Crippen LogP contribution in [0.1, 0.15) is 37.4 Å². The van der Waals surface area contributed by atoms with Crippen LogP contribution in [0.15, 0.2) is 42.6 Å². The Morgan fingerprint density at radius 1 is 1.07 bits per heavy atom. The first kappa shape index (κ1) is 21.5. The van der Waals surface area contributed by atoms with Crippen molar-refractivity contribution in [2.45, 2.75) is 31.7 Å². The van der Waals surface area contributed by atoms with E-state index in [-0.39, 0.29) is 11.7 Å². The number of carbonyl (C=O) groups excluding carboxylic acids is 2. The Kier molecular flexibility index (Phi) is 7.18. The molecule has 2 aromatic rings. The molecule has 1 aliphatic heterocycles. The van der Waals surface area contributed by atoms with Gasteiger partial charge in [-0.15, -0.1) is 0 Å². The number of nitrogens with one attached hydrogen (secondary N) is 2. The number of amides is 2. The van der Waals surface area contributed by atoms with Crippen molar-refractivity contribution in [2.24, 2.45) is 7.05 Å². The van der Waals surface area contributed by atoms with E-state index in [4.69, 9.17) is 0 Å². The van der Waals surface area contributed by atoms with Crippen LogP contribution in [0.4, 0.5) is 11.4 Å². The van der Waals surface area contributed by atoms with Crippen molar-refractivity contribution in [1.82, 2.24) is 14.8 Å². The summed E-state index contributed by atoms with van der Waals surface area (Å²) in [6.07, 6.45) is 6.63. The number of hydrogen-bond donors (Lipinski definition) is 2. The third-order valence-corrected chi connectivity index (χ3v) is 5.40. The molecule has 0 saturated carbocycles. The SMILES string of the molecule is Cn1cccc1C(CNC(=O)C(=O)Nc1ccc([N+](=O)[O-])cc1)N1CCCCCC1. The van der Waals surface area contributed by atoms with E-state index >= 15 is 0 Å². The lowest BCUT2D eigenvalue weighted by atomic mass is 10.1. The van der Waals surface area contributed by atoms with Crippen molar-refractivity contribution >= 4 is 23.2 Å². The third-order valence-electron chi connectivity index (χ3n) is 5.40. The monoisotopic (exact) mass is 413 g/mol. The molecule has 9 nitrogen and oxygen atoms in total. The number of carbonyl (C=O) groups is 2. The zero-order valence-corrected chi connectivity index (χ0v) is 17.0. The van der Waals surface area contributed by atoms with Gasteiger partial charge < -0.3 is 15.2 Å². The molecule has 1 saturated heterocycles. The molecule has 30 heavy (non-hydrogen) atoms. The first-order valence-electron chi connectivity index (χ1n) is 10.1. The van der Waals surface area contributed by atoms with Gasteiger partial charge in [0.2, 0.25) is 0 Å². The maximum absolute atomic E-state index is 12.4. The molecule has 1 fully saturated rings. The molecule has 9 heteroatoms. The molecule has 1 aliphatic rings. The number of nitro groups is 1. The van der Waals surface area contributed by atoms with E-state index in [1.54, 1.807) is 0 Å². The van der Waals surface area contributed by atoms with Gasteiger partial charge in [0.25, 0.3) is 5.69 Å². The van der Waals surface area contributed by atoms with Crippen LogP contribution < -0.4 is 10.6 Å². The minimum absolute atomic E-state index is 0.0146. The number of non-ortho nitro benzene ring substituents is 1. The first-order chi connectivity index (χ1) is 14.5. The van der Waals surface area contributed by atoms with Gasteiger partial charge in [-0.25, -0.2) is 0 Å². The van der Waals surface area contributed by atoms with Crippen LogP contribution in [-0.2, 0) is 16.6 Å². The second kappa shape index (κ2) is 10.0. The van der Waals surface area contributed by atoms with Crippen molar-refractivity contribution in [1.29, 1.82) is 0 Å². The van der Waals surface area contributed by atoms with Crippen LogP contribution in [0, 0.1) is 10.1 Å².